The van der Waals surface area contributed by atoms with Crippen LogP contribution in [-0.4, -0.2) is 61.7 Å². The SMILES string of the molecule is CC(=CCl)CN1CCN(C2CNC2)CC1. The zero-order valence-electron chi connectivity index (χ0n) is 9.38. The van der Waals surface area contributed by atoms with Crippen LogP contribution in [0.25, 0.3) is 0 Å². The van der Waals surface area contributed by atoms with Gasteiger partial charge >= 0.3 is 0 Å². The van der Waals surface area contributed by atoms with Gasteiger partial charge in [0.1, 0.15) is 0 Å². The highest BCUT2D eigenvalue weighted by molar-refractivity contribution is 6.25. The third-order valence-electron chi connectivity index (χ3n) is 3.34. The minimum absolute atomic E-state index is 0.803. The minimum Gasteiger partial charge on any atom is -0.314 e. The summed E-state index contributed by atoms with van der Waals surface area (Å²) in [7, 11) is 0. The van der Waals surface area contributed by atoms with Crippen LogP contribution in [-0.2, 0) is 0 Å². The molecule has 2 aliphatic heterocycles. The maximum absolute atomic E-state index is 5.67. The van der Waals surface area contributed by atoms with Gasteiger partial charge in [0.15, 0.2) is 0 Å². The molecule has 2 heterocycles. The van der Waals surface area contributed by atoms with E-state index in [1.54, 1.807) is 5.54 Å². The van der Waals surface area contributed by atoms with Crippen molar-refractivity contribution in [2.75, 3.05) is 45.8 Å². The van der Waals surface area contributed by atoms with Gasteiger partial charge in [0.05, 0.1) is 0 Å². The predicted molar refractivity (Wildman–Crippen MR) is 64.3 cm³/mol. The van der Waals surface area contributed by atoms with E-state index in [4.69, 9.17) is 11.6 Å². The van der Waals surface area contributed by atoms with Crippen LogP contribution >= 0.6 is 11.6 Å². The van der Waals surface area contributed by atoms with Crippen molar-refractivity contribution in [2.45, 2.75) is 13.0 Å². The smallest absolute Gasteiger partial charge is 0.0346 e. The molecule has 86 valence electrons. The fourth-order valence-corrected chi connectivity index (χ4v) is 2.27. The Morgan fingerprint density at radius 3 is 2.47 bits per heavy atom. The second kappa shape index (κ2) is 5.30. The van der Waals surface area contributed by atoms with Crippen LogP contribution in [0.3, 0.4) is 0 Å². The molecule has 2 saturated heterocycles. The first-order chi connectivity index (χ1) is 7.29. The van der Waals surface area contributed by atoms with Crippen LogP contribution < -0.4 is 5.32 Å². The predicted octanol–water partition coefficient (Wildman–Crippen LogP) is 0.718. The summed E-state index contributed by atoms with van der Waals surface area (Å²) < 4.78 is 0. The Kier molecular flexibility index (Phi) is 4.03. The van der Waals surface area contributed by atoms with E-state index < -0.39 is 0 Å². The zero-order valence-corrected chi connectivity index (χ0v) is 10.1. The molecular formula is C11H20ClN3. The number of rotatable bonds is 3. The molecule has 0 amide bonds. The van der Waals surface area contributed by atoms with Gasteiger partial charge in [0.2, 0.25) is 0 Å². The molecule has 0 atom stereocenters. The van der Waals surface area contributed by atoms with Gasteiger partial charge in [-0.3, -0.25) is 9.80 Å². The van der Waals surface area contributed by atoms with Crippen molar-refractivity contribution in [1.82, 2.24) is 15.1 Å². The maximum Gasteiger partial charge on any atom is 0.0346 e. The van der Waals surface area contributed by atoms with E-state index in [9.17, 15) is 0 Å². The first kappa shape index (κ1) is 11.4. The summed E-state index contributed by atoms with van der Waals surface area (Å²) >= 11 is 5.67. The Hall–Kier alpha value is -0.0900. The van der Waals surface area contributed by atoms with Crippen molar-refractivity contribution in [2.24, 2.45) is 0 Å². The molecule has 2 rings (SSSR count). The van der Waals surface area contributed by atoms with Gasteiger partial charge in [-0.2, -0.15) is 0 Å². The highest BCUT2D eigenvalue weighted by Gasteiger charge is 2.27. The maximum atomic E-state index is 5.67. The van der Waals surface area contributed by atoms with Crippen LogP contribution in [0.4, 0.5) is 0 Å². The first-order valence-corrected chi connectivity index (χ1v) is 6.16. The number of nitrogens with zero attached hydrogens (tertiary/aromatic N) is 2. The number of halogens is 1. The summed E-state index contributed by atoms with van der Waals surface area (Å²) in [5.74, 6) is 0. The van der Waals surface area contributed by atoms with Crippen molar-refractivity contribution >= 4 is 11.6 Å². The molecular weight excluding hydrogens is 210 g/mol. The molecule has 2 fully saturated rings. The van der Waals surface area contributed by atoms with Crippen LogP contribution in [0, 0.1) is 0 Å². The molecule has 4 heteroatoms. The topological polar surface area (TPSA) is 18.5 Å². The lowest BCUT2D eigenvalue weighted by molar-refractivity contribution is 0.0771. The third kappa shape index (κ3) is 2.94. The lowest BCUT2D eigenvalue weighted by Gasteiger charge is -2.43. The van der Waals surface area contributed by atoms with Crippen LogP contribution in [0.15, 0.2) is 11.1 Å². The number of piperazine rings is 1. The monoisotopic (exact) mass is 229 g/mol. The highest BCUT2D eigenvalue weighted by atomic mass is 35.5. The second-order valence-corrected chi connectivity index (χ2v) is 4.80. The molecule has 15 heavy (non-hydrogen) atoms. The average molecular weight is 230 g/mol. The Morgan fingerprint density at radius 2 is 2.00 bits per heavy atom. The molecule has 0 aromatic rings. The summed E-state index contributed by atoms with van der Waals surface area (Å²) in [4.78, 5) is 5.09. The lowest BCUT2D eigenvalue weighted by Crippen LogP contribution is -2.61. The van der Waals surface area contributed by atoms with E-state index in [2.05, 4.69) is 22.0 Å². The summed E-state index contributed by atoms with van der Waals surface area (Å²) in [6, 6.07) is 0.803. The quantitative estimate of drug-likeness (QED) is 0.770. The van der Waals surface area contributed by atoms with Gasteiger partial charge < -0.3 is 5.32 Å². The van der Waals surface area contributed by atoms with Crippen molar-refractivity contribution in [3.05, 3.63) is 11.1 Å². The second-order valence-electron chi connectivity index (χ2n) is 4.58. The first-order valence-electron chi connectivity index (χ1n) is 5.72. The standard InChI is InChI=1S/C11H20ClN3/c1-10(6-12)9-14-2-4-15(5-3-14)11-7-13-8-11/h6,11,13H,2-5,7-9H2,1H3. The van der Waals surface area contributed by atoms with E-state index in [0.717, 1.165) is 12.6 Å². The molecule has 0 unspecified atom stereocenters. The van der Waals surface area contributed by atoms with Gasteiger partial charge in [0.25, 0.3) is 0 Å². The molecule has 1 N–H and O–H groups in total. The number of hydrogen-bond donors (Lipinski definition) is 1. The Labute approximate surface area is 97.1 Å². The van der Waals surface area contributed by atoms with Crippen LogP contribution in [0.5, 0.6) is 0 Å². The zero-order chi connectivity index (χ0) is 10.7. The Morgan fingerprint density at radius 1 is 1.33 bits per heavy atom. The van der Waals surface area contributed by atoms with Gasteiger partial charge in [-0.25, -0.2) is 0 Å². The van der Waals surface area contributed by atoms with Gasteiger partial charge in [-0.05, 0) is 12.5 Å². The summed E-state index contributed by atoms with van der Waals surface area (Å²) in [6.07, 6.45) is 0. The largest absolute Gasteiger partial charge is 0.314 e. The highest BCUT2D eigenvalue weighted by Crippen LogP contribution is 2.10. The van der Waals surface area contributed by atoms with E-state index in [0.29, 0.717) is 0 Å². The van der Waals surface area contributed by atoms with Crippen molar-refractivity contribution in [3.63, 3.8) is 0 Å². The molecule has 3 nitrogen and oxygen atoms in total. The van der Waals surface area contributed by atoms with E-state index in [1.807, 2.05) is 0 Å². The third-order valence-corrected chi connectivity index (χ3v) is 3.71. The average Bonchev–Trinajstić information content (AvgIpc) is 2.18. The van der Waals surface area contributed by atoms with Crippen molar-refractivity contribution in [1.29, 1.82) is 0 Å². The molecule has 0 saturated carbocycles. The number of nitrogens with one attached hydrogen (secondary N) is 1. The molecule has 0 bridgehead atoms. The van der Waals surface area contributed by atoms with Gasteiger partial charge in [-0.1, -0.05) is 11.6 Å². The molecule has 0 aromatic carbocycles. The van der Waals surface area contributed by atoms with Crippen LogP contribution in [0.1, 0.15) is 6.92 Å². The van der Waals surface area contributed by atoms with Gasteiger partial charge in [0, 0.05) is 57.4 Å². The minimum atomic E-state index is 0.803. The van der Waals surface area contributed by atoms with Crippen LogP contribution in [0.2, 0.25) is 0 Å². The van der Waals surface area contributed by atoms with Gasteiger partial charge in [-0.15, -0.1) is 0 Å². The summed E-state index contributed by atoms with van der Waals surface area (Å²) in [6.45, 7) is 10.3. The van der Waals surface area contributed by atoms with E-state index >= 15 is 0 Å². The fraction of sp³-hybridized carbons (Fsp3) is 0.818. The van der Waals surface area contributed by atoms with E-state index in [1.165, 1.54) is 44.8 Å². The molecule has 0 aliphatic carbocycles. The normalized spacial score (nSPS) is 26.7. The Balaban J connectivity index is 1.71. The van der Waals surface area contributed by atoms with Crippen molar-refractivity contribution < 1.29 is 0 Å². The number of hydrogen-bond acceptors (Lipinski definition) is 3. The lowest BCUT2D eigenvalue weighted by atomic mass is 10.1. The van der Waals surface area contributed by atoms with E-state index in [-0.39, 0.29) is 0 Å². The molecule has 2 aliphatic rings. The molecule has 0 aromatic heterocycles. The summed E-state index contributed by atoms with van der Waals surface area (Å²) in [5, 5.41) is 3.33. The van der Waals surface area contributed by atoms with Crippen molar-refractivity contribution in [3.8, 4) is 0 Å². The molecule has 0 spiro atoms. The summed E-state index contributed by atoms with van der Waals surface area (Å²) in [5.41, 5.74) is 2.96. The molecule has 0 radical (unpaired) electrons. The Bertz CT molecular complexity index is 230. The fourth-order valence-electron chi connectivity index (χ4n) is 2.21.